The third kappa shape index (κ3) is 12.3. The minimum atomic E-state index is -0.233. The molecule has 31 heavy (non-hydrogen) atoms. The number of hydrogen-bond donors (Lipinski definition) is 3. The zero-order chi connectivity index (χ0) is 21.8. The van der Waals surface area contributed by atoms with E-state index in [1.54, 1.807) is 0 Å². The Labute approximate surface area is 205 Å². The second-order valence-corrected chi connectivity index (χ2v) is 8.88. The fourth-order valence-corrected chi connectivity index (χ4v) is 3.47. The smallest absolute Gasteiger partial charge is 0.242 e. The fourth-order valence-electron chi connectivity index (χ4n) is 3.47. The number of piperazine rings is 1. The average Bonchev–Trinajstić information content (AvgIpc) is 2.70. The molecular formula is C23H41IN6O. The van der Waals surface area contributed by atoms with E-state index in [2.05, 4.69) is 61.1 Å². The van der Waals surface area contributed by atoms with Crippen LogP contribution in [0.4, 0.5) is 0 Å². The number of nitrogens with zero attached hydrogens (tertiary/aromatic N) is 3. The van der Waals surface area contributed by atoms with Crippen molar-refractivity contribution >= 4 is 35.8 Å². The maximum Gasteiger partial charge on any atom is 0.242 e. The topological polar surface area (TPSA) is 72.0 Å². The summed E-state index contributed by atoms with van der Waals surface area (Å²) in [6.45, 7) is 16.3. The van der Waals surface area contributed by atoms with Gasteiger partial charge in [-0.1, -0.05) is 30.3 Å². The molecule has 0 spiro atoms. The first-order valence-corrected chi connectivity index (χ1v) is 11.2. The highest BCUT2D eigenvalue weighted by Gasteiger charge is 2.16. The maximum atomic E-state index is 12.0. The number of carbonyl (C=O) groups excluding carboxylic acids is 1. The summed E-state index contributed by atoms with van der Waals surface area (Å²) < 4.78 is 0. The Morgan fingerprint density at radius 1 is 1.03 bits per heavy atom. The number of hydrogen-bond acceptors (Lipinski definition) is 4. The van der Waals surface area contributed by atoms with Crippen LogP contribution in [-0.4, -0.2) is 79.6 Å². The Balaban J connectivity index is 0.00000480. The highest BCUT2D eigenvalue weighted by atomic mass is 127. The van der Waals surface area contributed by atoms with Gasteiger partial charge in [0.25, 0.3) is 0 Å². The van der Waals surface area contributed by atoms with Gasteiger partial charge in [-0.15, -0.1) is 24.0 Å². The summed E-state index contributed by atoms with van der Waals surface area (Å²) in [7, 11) is 0. The second-order valence-electron chi connectivity index (χ2n) is 8.88. The molecule has 0 aromatic heterocycles. The highest BCUT2D eigenvalue weighted by molar-refractivity contribution is 14.0. The SMILES string of the molecule is CCNC(=NCC(=O)NC(C)(C)C)NCCCN1CCN(Cc2ccccc2)CC1.I. The van der Waals surface area contributed by atoms with E-state index in [9.17, 15) is 4.79 Å². The molecule has 1 saturated heterocycles. The molecule has 1 aliphatic heterocycles. The molecule has 0 bridgehead atoms. The number of nitrogens with one attached hydrogen (secondary N) is 3. The van der Waals surface area contributed by atoms with Crippen LogP contribution >= 0.6 is 24.0 Å². The molecule has 0 saturated carbocycles. The number of guanidine groups is 1. The van der Waals surface area contributed by atoms with Gasteiger partial charge in [-0.05, 0) is 46.2 Å². The number of aliphatic imine (C=N–C) groups is 1. The van der Waals surface area contributed by atoms with Gasteiger partial charge in [-0.25, -0.2) is 4.99 Å². The fraction of sp³-hybridized carbons (Fsp3) is 0.652. The molecule has 1 heterocycles. The lowest BCUT2D eigenvalue weighted by atomic mass is 10.1. The molecule has 1 fully saturated rings. The normalized spacial score (nSPS) is 15.8. The molecular weight excluding hydrogens is 503 g/mol. The van der Waals surface area contributed by atoms with Crippen LogP contribution in [0.25, 0.3) is 0 Å². The Bertz CT molecular complexity index is 654. The largest absolute Gasteiger partial charge is 0.357 e. The number of amides is 1. The molecule has 8 heteroatoms. The predicted octanol–water partition coefficient (Wildman–Crippen LogP) is 2.28. The van der Waals surface area contributed by atoms with Gasteiger partial charge in [0.15, 0.2) is 5.96 Å². The van der Waals surface area contributed by atoms with Crippen molar-refractivity contribution in [2.75, 3.05) is 52.4 Å². The monoisotopic (exact) mass is 544 g/mol. The molecule has 2 rings (SSSR count). The first-order valence-electron chi connectivity index (χ1n) is 11.2. The van der Waals surface area contributed by atoms with E-state index in [1.165, 1.54) is 5.56 Å². The third-order valence-corrected chi connectivity index (χ3v) is 4.90. The van der Waals surface area contributed by atoms with Crippen molar-refractivity contribution in [3.05, 3.63) is 35.9 Å². The van der Waals surface area contributed by atoms with E-state index in [4.69, 9.17) is 0 Å². The Kier molecular flexibility index (Phi) is 13.0. The lowest BCUT2D eigenvalue weighted by Crippen LogP contribution is -2.46. The molecule has 0 unspecified atom stereocenters. The van der Waals surface area contributed by atoms with Crippen LogP contribution in [0, 0.1) is 0 Å². The summed E-state index contributed by atoms with van der Waals surface area (Å²) in [5, 5.41) is 9.48. The Morgan fingerprint density at radius 3 is 2.29 bits per heavy atom. The van der Waals surface area contributed by atoms with Crippen LogP contribution in [0.2, 0.25) is 0 Å². The van der Waals surface area contributed by atoms with Gasteiger partial charge < -0.3 is 20.9 Å². The number of carbonyl (C=O) groups is 1. The lowest BCUT2D eigenvalue weighted by molar-refractivity contribution is -0.121. The van der Waals surface area contributed by atoms with Gasteiger partial charge in [0, 0.05) is 51.4 Å². The van der Waals surface area contributed by atoms with Crippen molar-refractivity contribution in [1.82, 2.24) is 25.8 Å². The van der Waals surface area contributed by atoms with Crippen molar-refractivity contribution in [2.45, 2.75) is 46.2 Å². The van der Waals surface area contributed by atoms with E-state index < -0.39 is 0 Å². The van der Waals surface area contributed by atoms with Crippen molar-refractivity contribution < 1.29 is 4.79 Å². The average molecular weight is 545 g/mol. The number of halogens is 1. The molecule has 1 amide bonds. The standard InChI is InChI=1S/C23H40N6O.HI/c1-5-24-22(26-18-21(30)27-23(2,3)4)25-12-9-13-28-14-16-29(17-15-28)19-20-10-7-6-8-11-20;/h6-8,10-11H,5,9,12-19H2,1-4H3,(H,27,30)(H2,24,25,26);1H. The van der Waals surface area contributed by atoms with Gasteiger partial charge >= 0.3 is 0 Å². The molecule has 0 radical (unpaired) electrons. The van der Waals surface area contributed by atoms with Crippen LogP contribution in [-0.2, 0) is 11.3 Å². The molecule has 0 atom stereocenters. The molecule has 1 aromatic carbocycles. The summed E-state index contributed by atoms with van der Waals surface area (Å²) >= 11 is 0. The van der Waals surface area contributed by atoms with E-state index >= 15 is 0 Å². The van der Waals surface area contributed by atoms with E-state index in [-0.39, 0.29) is 42.0 Å². The van der Waals surface area contributed by atoms with Gasteiger partial charge in [-0.3, -0.25) is 9.69 Å². The zero-order valence-corrected chi connectivity index (χ0v) is 21.9. The Morgan fingerprint density at radius 2 is 1.68 bits per heavy atom. The van der Waals surface area contributed by atoms with E-state index in [0.717, 1.165) is 58.8 Å². The first kappa shape index (κ1) is 27.6. The Hall–Kier alpha value is -1.39. The predicted molar refractivity (Wildman–Crippen MR) is 140 cm³/mol. The number of benzene rings is 1. The zero-order valence-electron chi connectivity index (χ0n) is 19.6. The molecule has 3 N–H and O–H groups in total. The summed E-state index contributed by atoms with van der Waals surface area (Å²) in [5.41, 5.74) is 1.16. The van der Waals surface area contributed by atoms with Crippen LogP contribution in [0.5, 0.6) is 0 Å². The van der Waals surface area contributed by atoms with Gasteiger partial charge in [0.2, 0.25) is 5.91 Å². The molecule has 0 aliphatic carbocycles. The highest BCUT2D eigenvalue weighted by Crippen LogP contribution is 2.08. The van der Waals surface area contributed by atoms with E-state index in [0.29, 0.717) is 5.96 Å². The summed E-state index contributed by atoms with van der Waals surface area (Å²) in [6, 6.07) is 10.7. The van der Waals surface area contributed by atoms with Gasteiger partial charge in [-0.2, -0.15) is 0 Å². The molecule has 7 nitrogen and oxygen atoms in total. The van der Waals surface area contributed by atoms with Crippen molar-refractivity contribution in [1.29, 1.82) is 0 Å². The van der Waals surface area contributed by atoms with Crippen LogP contribution in [0.3, 0.4) is 0 Å². The van der Waals surface area contributed by atoms with E-state index in [1.807, 2.05) is 27.7 Å². The quantitative estimate of drug-likeness (QED) is 0.193. The summed E-state index contributed by atoms with van der Waals surface area (Å²) in [5.74, 6) is 0.641. The number of rotatable bonds is 9. The van der Waals surface area contributed by atoms with Crippen molar-refractivity contribution in [3.8, 4) is 0 Å². The minimum Gasteiger partial charge on any atom is -0.357 e. The van der Waals surface area contributed by atoms with Crippen molar-refractivity contribution in [3.63, 3.8) is 0 Å². The van der Waals surface area contributed by atoms with Gasteiger partial charge in [0.1, 0.15) is 6.54 Å². The van der Waals surface area contributed by atoms with Crippen LogP contribution in [0.1, 0.15) is 39.7 Å². The molecule has 176 valence electrons. The maximum absolute atomic E-state index is 12.0. The minimum absolute atomic E-state index is 0. The van der Waals surface area contributed by atoms with Gasteiger partial charge in [0.05, 0.1) is 0 Å². The van der Waals surface area contributed by atoms with Crippen LogP contribution < -0.4 is 16.0 Å². The first-order chi connectivity index (χ1) is 14.4. The molecule has 1 aliphatic rings. The lowest BCUT2D eigenvalue weighted by Gasteiger charge is -2.34. The molecule has 1 aromatic rings. The summed E-state index contributed by atoms with van der Waals surface area (Å²) in [6.07, 6.45) is 1.05. The summed E-state index contributed by atoms with van der Waals surface area (Å²) in [4.78, 5) is 21.4. The second kappa shape index (κ2) is 14.6. The van der Waals surface area contributed by atoms with Crippen molar-refractivity contribution in [2.24, 2.45) is 4.99 Å². The third-order valence-electron chi connectivity index (χ3n) is 4.90. The van der Waals surface area contributed by atoms with Crippen LogP contribution in [0.15, 0.2) is 35.3 Å².